The van der Waals surface area contributed by atoms with Crippen molar-refractivity contribution < 1.29 is 21.6 Å². The molecule has 8 nitrogen and oxygen atoms in total. The molecule has 16 heteroatoms. The van der Waals surface area contributed by atoms with E-state index in [2.05, 4.69) is 35.9 Å². The van der Waals surface area contributed by atoms with Crippen molar-refractivity contribution in [3.05, 3.63) is 63.5 Å². The van der Waals surface area contributed by atoms with E-state index in [0.29, 0.717) is 48.1 Å². The zero-order chi connectivity index (χ0) is 35.4. The number of fused-ring (bicyclic) bond motifs is 9. The monoisotopic (exact) mass is 693 g/mol. The second-order valence-electron chi connectivity index (χ2n) is 15.9. The van der Waals surface area contributed by atoms with E-state index in [0.717, 1.165) is 38.8 Å². The molecule has 0 saturated carbocycles. The van der Waals surface area contributed by atoms with E-state index in [1.54, 1.807) is 17.6 Å². The number of hydrogen-bond acceptors (Lipinski definition) is 7. The predicted octanol–water partition coefficient (Wildman–Crippen LogP) is 1.96. The number of aromatic nitrogens is 3. The fraction of sp³-hybridized carbons (Fsp3) is 0.606. The summed E-state index contributed by atoms with van der Waals surface area (Å²) in [5.41, 5.74) is 0.230. The Morgan fingerprint density at radius 3 is 2.29 bits per heavy atom. The number of alkyl halides is 2. The van der Waals surface area contributed by atoms with E-state index < -0.39 is 44.9 Å². The number of rotatable bonds is 1. The molecule has 2 aromatic heterocycles. The Morgan fingerprint density at radius 2 is 1.59 bits per heavy atom. The lowest BCUT2D eigenvalue weighted by Gasteiger charge is -2.44. The Bertz CT molecular complexity index is 1870. The molecule has 1 N–H and O–H groups in total. The maximum atomic E-state index is 16.0. The minimum Gasteiger partial charge on any atom is -0.363 e. The standard InChI is InChI=1S/C33H46B4F3N5O3S/c1-20-23-4-2-5-26(27(23)38)31(39,40)13-6-21-7-14-44(15-8-21)32(34,35)11-3-12-33(36,37)45-29-25(28(43-20)41-19-42-29)18-24(30(45)46)22-9-16-49(47,48)17-10-22/h2,4-5,18-22H,3,6-17,34-37H2,1H3,(H,41,42,43)/t20-/m1/s1. The van der Waals surface area contributed by atoms with Gasteiger partial charge in [0.2, 0.25) is 0 Å². The fourth-order valence-electron chi connectivity index (χ4n) is 8.33. The summed E-state index contributed by atoms with van der Waals surface area (Å²) in [6, 6.07) is 5.18. The van der Waals surface area contributed by atoms with E-state index >= 15 is 13.2 Å². The molecule has 4 aliphatic rings. The van der Waals surface area contributed by atoms with Crippen LogP contribution < -0.4 is 10.9 Å². The quantitative estimate of drug-likeness (QED) is 0.390. The fourth-order valence-corrected chi connectivity index (χ4v) is 9.82. The number of hydrogen-bond donors (Lipinski definition) is 1. The third-order valence-electron chi connectivity index (χ3n) is 11.6. The Hall–Kier alpha value is -2.73. The summed E-state index contributed by atoms with van der Waals surface area (Å²) < 4.78 is 73.8. The molecule has 8 bridgehead atoms. The summed E-state index contributed by atoms with van der Waals surface area (Å²) in [5, 5.41) is 3.02. The Morgan fingerprint density at radius 1 is 0.918 bits per heavy atom. The molecule has 3 aromatic rings. The highest BCUT2D eigenvalue weighted by Crippen LogP contribution is 2.40. The molecule has 2 fully saturated rings. The molecule has 1 aromatic carbocycles. The van der Waals surface area contributed by atoms with Gasteiger partial charge in [0.1, 0.15) is 64.8 Å². The summed E-state index contributed by atoms with van der Waals surface area (Å²) in [5.74, 6) is -3.98. The molecule has 2 saturated heterocycles. The van der Waals surface area contributed by atoms with Crippen molar-refractivity contribution in [2.45, 2.75) is 93.3 Å². The Kier molecular flexibility index (Phi) is 9.89. The van der Waals surface area contributed by atoms with E-state index in [1.165, 1.54) is 24.5 Å². The van der Waals surface area contributed by atoms with Crippen molar-refractivity contribution in [2.75, 3.05) is 29.9 Å². The summed E-state index contributed by atoms with van der Waals surface area (Å²) in [6.07, 6.45) is 6.05. The molecule has 0 radical (unpaired) electrons. The van der Waals surface area contributed by atoms with Gasteiger partial charge in [0, 0.05) is 17.5 Å². The van der Waals surface area contributed by atoms with Crippen LogP contribution in [0.4, 0.5) is 19.0 Å². The zero-order valence-electron chi connectivity index (χ0n) is 29.4. The van der Waals surface area contributed by atoms with Crippen molar-refractivity contribution >= 4 is 58.1 Å². The van der Waals surface area contributed by atoms with Gasteiger partial charge in [-0.3, -0.25) is 4.79 Å². The zero-order valence-corrected chi connectivity index (χ0v) is 30.2. The number of nitrogens with one attached hydrogen (secondary N) is 1. The van der Waals surface area contributed by atoms with E-state index in [-0.39, 0.29) is 39.8 Å². The van der Waals surface area contributed by atoms with Crippen LogP contribution in [0.25, 0.3) is 11.0 Å². The van der Waals surface area contributed by atoms with Crippen LogP contribution in [0.5, 0.6) is 0 Å². The van der Waals surface area contributed by atoms with Crippen LogP contribution in [0.3, 0.4) is 0 Å². The molecule has 0 amide bonds. The number of pyridine rings is 1. The molecule has 260 valence electrons. The SMILES string of the molecule is BC1(B)CCCC(B)(B)n2c(=O)c(C3CCS(=O)(=O)CC3)cc3c(ncnc32)N[C@H](C)c2cccc(c2F)C(F)(F)CCC2CCN1CC2. The van der Waals surface area contributed by atoms with Crippen molar-refractivity contribution in [3.8, 4) is 0 Å². The van der Waals surface area contributed by atoms with Gasteiger partial charge >= 0.3 is 0 Å². The molecule has 0 aliphatic carbocycles. The highest BCUT2D eigenvalue weighted by molar-refractivity contribution is 7.91. The van der Waals surface area contributed by atoms with E-state index in [9.17, 15) is 13.2 Å². The highest BCUT2D eigenvalue weighted by Gasteiger charge is 2.38. The second-order valence-corrected chi connectivity index (χ2v) is 18.2. The molecule has 0 spiro atoms. The van der Waals surface area contributed by atoms with Gasteiger partial charge in [-0.2, -0.15) is 0 Å². The maximum absolute atomic E-state index is 16.0. The number of nitrogens with zero attached hydrogens (tertiary/aromatic N) is 4. The maximum Gasteiger partial charge on any atom is 0.276 e. The van der Waals surface area contributed by atoms with Gasteiger partial charge in [0.05, 0.1) is 28.5 Å². The van der Waals surface area contributed by atoms with Crippen LogP contribution >= 0.6 is 0 Å². The first kappa shape index (κ1) is 36.1. The first-order valence-corrected chi connectivity index (χ1v) is 19.6. The van der Waals surface area contributed by atoms with Gasteiger partial charge in [-0.15, -0.1) is 0 Å². The van der Waals surface area contributed by atoms with Gasteiger partial charge in [-0.25, -0.2) is 31.6 Å². The molecule has 7 rings (SSSR count). The number of halogens is 3. The number of anilines is 1. The van der Waals surface area contributed by atoms with Gasteiger partial charge in [-0.1, -0.05) is 24.6 Å². The van der Waals surface area contributed by atoms with Crippen LogP contribution in [0.1, 0.15) is 93.4 Å². The van der Waals surface area contributed by atoms with E-state index in [1.807, 2.05) is 15.7 Å². The largest absolute Gasteiger partial charge is 0.363 e. The summed E-state index contributed by atoms with van der Waals surface area (Å²) >= 11 is 0. The van der Waals surface area contributed by atoms with Gasteiger partial charge in [0.25, 0.3) is 11.5 Å². The normalized spacial score (nSPS) is 27.2. The van der Waals surface area contributed by atoms with Crippen LogP contribution in [-0.2, 0) is 21.1 Å². The van der Waals surface area contributed by atoms with Crippen molar-refractivity contribution in [1.29, 1.82) is 0 Å². The van der Waals surface area contributed by atoms with Crippen LogP contribution in [0, 0.1) is 11.7 Å². The smallest absolute Gasteiger partial charge is 0.276 e. The molecular weight excluding hydrogens is 647 g/mol. The Labute approximate surface area is 291 Å². The lowest BCUT2D eigenvalue weighted by molar-refractivity contribution is -0.0254. The molecular formula is C33H46B4F3N5O3S. The van der Waals surface area contributed by atoms with E-state index in [4.69, 9.17) is 0 Å². The predicted molar refractivity (Wildman–Crippen MR) is 199 cm³/mol. The first-order chi connectivity index (χ1) is 23.0. The third-order valence-corrected chi connectivity index (χ3v) is 13.3. The summed E-state index contributed by atoms with van der Waals surface area (Å²) in [7, 11) is 5.37. The molecule has 0 unspecified atom stereocenters. The van der Waals surface area contributed by atoms with Crippen molar-refractivity contribution in [1.82, 2.24) is 19.4 Å². The molecule has 6 heterocycles. The van der Waals surface area contributed by atoms with Crippen LogP contribution in [0.2, 0.25) is 0 Å². The number of piperidine rings is 1. The Balaban J connectivity index is 1.48. The minimum absolute atomic E-state index is 0.0124. The second kappa shape index (κ2) is 13.4. The number of sulfone groups is 1. The summed E-state index contributed by atoms with van der Waals surface area (Å²) in [6.45, 7) is 3.34. The molecule has 4 aliphatic heterocycles. The lowest BCUT2D eigenvalue weighted by atomic mass is 9.55. The van der Waals surface area contributed by atoms with Gasteiger partial charge < -0.3 is 14.8 Å². The number of benzene rings is 1. The lowest BCUT2D eigenvalue weighted by Crippen LogP contribution is -2.53. The van der Waals surface area contributed by atoms with Gasteiger partial charge in [0.15, 0.2) is 0 Å². The van der Waals surface area contributed by atoms with Crippen LogP contribution in [0.15, 0.2) is 35.4 Å². The van der Waals surface area contributed by atoms with Crippen molar-refractivity contribution in [2.24, 2.45) is 5.92 Å². The minimum atomic E-state index is -3.32. The summed E-state index contributed by atoms with van der Waals surface area (Å²) in [4.78, 5) is 26.0. The van der Waals surface area contributed by atoms with Crippen LogP contribution in [-0.4, -0.2) is 89.2 Å². The topological polar surface area (TPSA) is 97.2 Å². The average Bonchev–Trinajstić information content (AvgIpc) is 3.03. The average molecular weight is 693 g/mol. The molecule has 1 atom stereocenters. The first-order valence-electron chi connectivity index (χ1n) is 17.8. The molecule has 49 heavy (non-hydrogen) atoms. The van der Waals surface area contributed by atoms with Crippen molar-refractivity contribution in [3.63, 3.8) is 0 Å². The highest BCUT2D eigenvalue weighted by atomic mass is 32.2. The van der Waals surface area contributed by atoms with Gasteiger partial charge in [-0.05, 0) is 93.5 Å². The third kappa shape index (κ3) is 7.37.